The van der Waals surface area contributed by atoms with E-state index in [1.807, 2.05) is 54.6 Å². The molecule has 5 rings (SSSR count). The Morgan fingerprint density at radius 1 is 0.824 bits per heavy atom. The van der Waals surface area contributed by atoms with Gasteiger partial charge < -0.3 is 15.0 Å². The summed E-state index contributed by atoms with van der Waals surface area (Å²) in [6, 6.07) is 22.7. The molecule has 1 N–H and O–H groups in total. The molecule has 1 fully saturated rings. The quantitative estimate of drug-likeness (QED) is 0.577. The first-order valence-corrected chi connectivity index (χ1v) is 11.4. The minimum atomic E-state index is -0.993. The molecule has 1 unspecified atom stereocenters. The Kier molecular flexibility index (Phi) is 6.10. The summed E-state index contributed by atoms with van der Waals surface area (Å²) in [5, 5.41) is 3.01. The first kappa shape index (κ1) is 21.9. The third kappa shape index (κ3) is 4.18. The monoisotopic (exact) mass is 455 g/mol. The van der Waals surface area contributed by atoms with Crippen LogP contribution in [0.15, 0.2) is 78.9 Å². The lowest BCUT2D eigenvalue weighted by Crippen LogP contribution is -2.48. The number of nitrogens with zero attached hydrogens (tertiary/aromatic N) is 2. The summed E-state index contributed by atoms with van der Waals surface area (Å²) in [5.74, 6) is -1.30. The highest BCUT2D eigenvalue weighted by Crippen LogP contribution is 2.29. The number of amides is 3. The molecule has 2 heterocycles. The summed E-state index contributed by atoms with van der Waals surface area (Å²) >= 11 is 0. The van der Waals surface area contributed by atoms with Crippen LogP contribution in [0.2, 0.25) is 0 Å². The second-order valence-electron chi connectivity index (χ2n) is 8.34. The Morgan fingerprint density at radius 3 is 2.09 bits per heavy atom. The molecule has 0 aliphatic carbocycles. The van der Waals surface area contributed by atoms with Gasteiger partial charge in [-0.1, -0.05) is 54.6 Å². The van der Waals surface area contributed by atoms with Gasteiger partial charge in [-0.3, -0.25) is 19.3 Å². The average molecular weight is 456 g/mol. The van der Waals surface area contributed by atoms with Crippen LogP contribution in [0.5, 0.6) is 0 Å². The van der Waals surface area contributed by atoms with E-state index in [0.717, 1.165) is 29.2 Å². The van der Waals surface area contributed by atoms with Crippen molar-refractivity contribution in [2.75, 3.05) is 36.5 Å². The number of hydrogen-bond donors (Lipinski definition) is 1. The van der Waals surface area contributed by atoms with Crippen LogP contribution in [0.25, 0.3) is 0 Å². The van der Waals surface area contributed by atoms with Gasteiger partial charge in [-0.25, -0.2) is 0 Å². The van der Waals surface area contributed by atoms with Crippen LogP contribution in [0.3, 0.4) is 0 Å². The summed E-state index contributed by atoms with van der Waals surface area (Å²) in [6.07, 6.45) is 0.220. The normalized spacial score (nSPS) is 16.4. The number of fused-ring (bicyclic) bond motifs is 1. The second-order valence-corrected chi connectivity index (χ2v) is 8.34. The van der Waals surface area contributed by atoms with Crippen molar-refractivity contribution in [1.29, 1.82) is 0 Å². The maximum absolute atomic E-state index is 13.7. The molecule has 0 aromatic heterocycles. The predicted octanol–water partition coefficient (Wildman–Crippen LogP) is 3.37. The molecule has 0 spiro atoms. The molecule has 3 aromatic carbocycles. The minimum absolute atomic E-state index is 0.220. The van der Waals surface area contributed by atoms with Gasteiger partial charge >= 0.3 is 0 Å². The second kappa shape index (κ2) is 9.49. The lowest BCUT2D eigenvalue weighted by Gasteiger charge is -2.31. The minimum Gasteiger partial charge on any atom is -0.378 e. The van der Waals surface area contributed by atoms with Gasteiger partial charge in [0.25, 0.3) is 11.8 Å². The molecule has 0 radical (unpaired) electrons. The van der Waals surface area contributed by atoms with Crippen LogP contribution in [-0.4, -0.2) is 55.0 Å². The lowest BCUT2D eigenvalue weighted by atomic mass is 10.0. The molecule has 0 saturated carbocycles. The summed E-state index contributed by atoms with van der Waals surface area (Å²) in [6.45, 7) is 2.68. The summed E-state index contributed by atoms with van der Waals surface area (Å²) in [5.41, 5.74) is 3.05. The first-order valence-electron chi connectivity index (χ1n) is 11.4. The highest BCUT2D eigenvalue weighted by Gasteiger charge is 2.42. The van der Waals surface area contributed by atoms with Gasteiger partial charge in [0, 0.05) is 19.5 Å². The standard InChI is InChI=1S/C27H25N3O4/c31-25(28-22-12-6-7-13-23(22)29-14-16-34-17-15-29)24(18-19-8-2-1-3-9-19)30-26(32)20-10-4-5-11-21(20)27(30)33/h1-13,24H,14-18H2,(H,28,31). The first-order chi connectivity index (χ1) is 16.6. The Morgan fingerprint density at radius 2 is 1.41 bits per heavy atom. The molecule has 2 aliphatic rings. The number of anilines is 2. The molecule has 3 aromatic rings. The molecule has 7 heteroatoms. The molecule has 172 valence electrons. The van der Waals surface area contributed by atoms with Gasteiger partial charge in [0.05, 0.1) is 35.7 Å². The molecular formula is C27H25N3O4. The number of carbonyl (C=O) groups is 3. The number of rotatable bonds is 6. The number of benzene rings is 3. The summed E-state index contributed by atoms with van der Waals surface area (Å²) < 4.78 is 5.46. The van der Waals surface area contributed by atoms with Gasteiger partial charge in [0.1, 0.15) is 6.04 Å². The zero-order valence-corrected chi connectivity index (χ0v) is 18.6. The van der Waals surface area contributed by atoms with Gasteiger partial charge in [-0.05, 0) is 29.8 Å². The Labute approximate surface area is 197 Å². The summed E-state index contributed by atoms with van der Waals surface area (Å²) in [4.78, 5) is 43.4. The molecular weight excluding hydrogens is 430 g/mol. The third-order valence-corrected chi connectivity index (χ3v) is 6.23. The van der Waals surface area contributed by atoms with E-state index in [0.29, 0.717) is 30.0 Å². The van der Waals surface area contributed by atoms with Crippen LogP contribution in [0, 0.1) is 0 Å². The fourth-order valence-corrected chi connectivity index (χ4v) is 4.50. The van der Waals surface area contributed by atoms with Crippen LogP contribution in [0.1, 0.15) is 26.3 Å². The number of morpholine rings is 1. The molecule has 3 amide bonds. The van der Waals surface area contributed by atoms with Crippen LogP contribution in [-0.2, 0) is 16.0 Å². The predicted molar refractivity (Wildman–Crippen MR) is 129 cm³/mol. The summed E-state index contributed by atoms with van der Waals surface area (Å²) in [7, 11) is 0. The SMILES string of the molecule is O=C(Nc1ccccc1N1CCOCC1)C(Cc1ccccc1)N1C(=O)c2ccccc2C1=O. The Balaban J connectivity index is 1.47. The smallest absolute Gasteiger partial charge is 0.262 e. The Hall–Kier alpha value is -3.97. The number of para-hydroxylation sites is 2. The molecule has 1 atom stereocenters. The fraction of sp³-hybridized carbons (Fsp3) is 0.222. The molecule has 34 heavy (non-hydrogen) atoms. The van der Waals surface area contributed by atoms with Gasteiger partial charge in [0.2, 0.25) is 5.91 Å². The molecule has 0 bridgehead atoms. The van der Waals surface area contributed by atoms with E-state index < -0.39 is 23.8 Å². The van der Waals surface area contributed by atoms with Crippen LogP contribution >= 0.6 is 0 Å². The van der Waals surface area contributed by atoms with Crippen molar-refractivity contribution in [3.8, 4) is 0 Å². The van der Waals surface area contributed by atoms with E-state index in [-0.39, 0.29) is 6.42 Å². The van der Waals surface area contributed by atoms with E-state index in [2.05, 4.69) is 10.2 Å². The molecule has 2 aliphatic heterocycles. The van der Waals surface area contributed by atoms with Gasteiger partial charge in [-0.15, -0.1) is 0 Å². The topological polar surface area (TPSA) is 79.0 Å². The lowest BCUT2D eigenvalue weighted by molar-refractivity contribution is -0.119. The third-order valence-electron chi connectivity index (χ3n) is 6.23. The van der Waals surface area contributed by atoms with Crippen molar-refractivity contribution in [3.63, 3.8) is 0 Å². The van der Waals surface area contributed by atoms with E-state index in [1.54, 1.807) is 24.3 Å². The maximum Gasteiger partial charge on any atom is 0.262 e. The van der Waals surface area contributed by atoms with E-state index in [1.165, 1.54) is 0 Å². The zero-order chi connectivity index (χ0) is 23.5. The zero-order valence-electron chi connectivity index (χ0n) is 18.6. The van der Waals surface area contributed by atoms with Crippen molar-refractivity contribution in [2.45, 2.75) is 12.5 Å². The van der Waals surface area contributed by atoms with Crippen molar-refractivity contribution >= 4 is 29.1 Å². The molecule has 7 nitrogen and oxygen atoms in total. The van der Waals surface area contributed by atoms with Crippen LogP contribution < -0.4 is 10.2 Å². The highest BCUT2D eigenvalue weighted by molar-refractivity contribution is 6.23. The Bertz CT molecular complexity index is 1190. The molecule has 1 saturated heterocycles. The van der Waals surface area contributed by atoms with Crippen molar-refractivity contribution < 1.29 is 19.1 Å². The van der Waals surface area contributed by atoms with Gasteiger partial charge in [-0.2, -0.15) is 0 Å². The number of imide groups is 1. The number of hydrogen-bond acceptors (Lipinski definition) is 5. The largest absolute Gasteiger partial charge is 0.378 e. The van der Waals surface area contributed by atoms with E-state index in [9.17, 15) is 14.4 Å². The van der Waals surface area contributed by atoms with E-state index >= 15 is 0 Å². The number of carbonyl (C=O) groups excluding carboxylic acids is 3. The van der Waals surface area contributed by atoms with Crippen molar-refractivity contribution in [3.05, 3.63) is 95.6 Å². The van der Waals surface area contributed by atoms with Crippen molar-refractivity contribution in [2.24, 2.45) is 0 Å². The van der Waals surface area contributed by atoms with Crippen molar-refractivity contribution in [1.82, 2.24) is 4.90 Å². The van der Waals surface area contributed by atoms with Crippen LogP contribution in [0.4, 0.5) is 11.4 Å². The number of ether oxygens (including phenoxy) is 1. The highest BCUT2D eigenvalue weighted by atomic mass is 16.5. The average Bonchev–Trinajstić information content (AvgIpc) is 3.14. The number of nitrogens with one attached hydrogen (secondary N) is 1. The fourth-order valence-electron chi connectivity index (χ4n) is 4.50. The maximum atomic E-state index is 13.7. The van der Waals surface area contributed by atoms with E-state index in [4.69, 9.17) is 4.74 Å². The van der Waals surface area contributed by atoms with Gasteiger partial charge in [0.15, 0.2) is 0 Å².